The van der Waals surface area contributed by atoms with Crippen molar-refractivity contribution in [3.8, 4) is 0 Å². The molecule has 3 unspecified atom stereocenters. The van der Waals surface area contributed by atoms with Crippen molar-refractivity contribution in [2.24, 2.45) is 0 Å². The second-order valence-corrected chi connectivity index (χ2v) is 6.84. The monoisotopic (exact) mass is 265 g/mol. The Morgan fingerprint density at radius 2 is 2.11 bits per heavy atom. The largest absolute Gasteiger partial charge is 0.313 e. The lowest BCUT2D eigenvalue weighted by Gasteiger charge is -2.21. The highest BCUT2D eigenvalue weighted by Gasteiger charge is 2.32. The van der Waals surface area contributed by atoms with E-state index in [0.717, 1.165) is 29.8 Å². The lowest BCUT2D eigenvalue weighted by molar-refractivity contribution is 0.541. The number of rotatable bonds is 4. The Bertz CT molecular complexity index is 444. The van der Waals surface area contributed by atoms with E-state index >= 15 is 0 Å². The minimum absolute atomic E-state index is 0.283. The van der Waals surface area contributed by atoms with Crippen LogP contribution in [-0.4, -0.2) is 22.0 Å². The zero-order chi connectivity index (χ0) is 13.1. The van der Waals surface area contributed by atoms with Crippen LogP contribution in [0.15, 0.2) is 23.1 Å². The van der Waals surface area contributed by atoms with Crippen LogP contribution in [0.3, 0.4) is 0 Å². The molecule has 0 aromatic heterocycles. The van der Waals surface area contributed by atoms with Gasteiger partial charge in [-0.1, -0.05) is 25.5 Å². The molecule has 2 rings (SSSR count). The summed E-state index contributed by atoms with van der Waals surface area (Å²) < 4.78 is 12.8. The molecule has 1 aromatic rings. The van der Waals surface area contributed by atoms with Gasteiger partial charge in [-0.05, 0) is 50.4 Å². The number of aryl methyl sites for hydroxylation is 2. The van der Waals surface area contributed by atoms with E-state index in [4.69, 9.17) is 0 Å². The smallest absolute Gasteiger partial charge is 0.0579 e. The highest BCUT2D eigenvalue weighted by atomic mass is 32.2. The zero-order valence-corrected chi connectivity index (χ0v) is 12.3. The van der Waals surface area contributed by atoms with Crippen LogP contribution >= 0.6 is 0 Å². The molecule has 18 heavy (non-hydrogen) atoms. The van der Waals surface area contributed by atoms with Crippen LogP contribution in [0.5, 0.6) is 0 Å². The Balaban J connectivity index is 2.22. The van der Waals surface area contributed by atoms with Gasteiger partial charge in [0.1, 0.15) is 0 Å². The number of benzene rings is 1. The molecule has 0 heterocycles. The van der Waals surface area contributed by atoms with Crippen molar-refractivity contribution in [3.63, 3.8) is 0 Å². The molecule has 3 heteroatoms. The fraction of sp³-hybridized carbons (Fsp3) is 0.600. The first-order chi connectivity index (χ1) is 8.63. The molecule has 1 saturated carbocycles. The highest BCUT2D eigenvalue weighted by Crippen LogP contribution is 2.29. The molecule has 3 atom stereocenters. The molecular weight excluding hydrogens is 242 g/mol. The van der Waals surface area contributed by atoms with Crippen molar-refractivity contribution in [1.29, 1.82) is 0 Å². The van der Waals surface area contributed by atoms with Crippen LogP contribution in [0.25, 0.3) is 0 Å². The molecule has 1 fully saturated rings. The van der Waals surface area contributed by atoms with Crippen molar-refractivity contribution in [3.05, 3.63) is 29.3 Å². The summed E-state index contributed by atoms with van der Waals surface area (Å²) in [5.41, 5.74) is 2.35. The van der Waals surface area contributed by atoms with Gasteiger partial charge in [-0.15, -0.1) is 0 Å². The molecule has 1 aliphatic rings. The van der Waals surface area contributed by atoms with E-state index in [1.807, 2.05) is 0 Å². The predicted molar refractivity (Wildman–Crippen MR) is 77.4 cm³/mol. The molecule has 1 aromatic carbocycles. The van der Waals surface area contributed by atoms with Gasteiger partial charge in [0, 0.05) is 10.9 Å². The Morgan fingerprint density at radius 3 is 2.83 bits per heavy atom. The molecule has 0 bridgehead atoms. The van der Waals surface area contributed by atoms with Crippen LogP contribution < -0.4 is 5.32 Å². The third-order valence-corrected chi connectivity index (χ3v) is 5.74. The van der Waals surface area contributed by atoms with Gasteiger partial charge >= 0.3 is 0 Å². The SMILES string of the molecule is CCNC1CCCC1S(=O)c1cc(C)ccc1C. The van der Waals surface area contributed by atoms with Crippen LogP contribution in [-0.2, 0) is 10.8 Å². The highest BCUT2D eigenvalue weighted by molar-refractivity contribution is 7.85. The third kappa shape index (κ3) is 2.83. The van der Waals surface area contributed by atoms with E-state index in [9.17, 15) is 4.21 Å². The Labute approximate surface area is 113 Å². The number of nitrogens with one attached hydrogen (secondary N) is 1. The van der Waals surface area contributed by atoms with E-state index in [2.05, 4.69) is 44.3 Å². The lowest BCUT2D eigenvalue weighted by atomic mass is 10.2. The fourth-order valence-corrected chi connectivity index (χ4v) is 4.69. The molecule has 0 saturated heterocycles. The van der Waals surface area contributed by atoms with Crippen LogP contribution in [0.1, 0.15) is 37.3 Å². The molecule has 2 nitrogen and oxygen atoms in total. The van der Waals surface area contributed by atoms with Gasteiger partial charge in [-0.2, -0.15) is 0 Å². The van der Waals surface area contributed by atoms with Crippen molar-refractivity contribution < 1.29 is 4.21 Å². The summed E-state index contributed by atoms with van der Waals surface area (Å²) in [6.07, 6.45) is 3.44. The van der Waals surface area contributed by atoms with Gasteiger partial charge in [-0.25, -0.2) is 0 Å². The number of hydrogen-bond donors (Lipinski definition) is 1. The van der Waals surface area contributed by atoms with Gasteiger partial charge in [0.25, 0.3) is 0 Å². The minimum Gasteiger partial charge on any atom is -0.313 e. The van der Waals surface area contributed by atoms with Gasteiger partial charge < -0.3 is 5.32 Å². The van der Waals surface area contributed by atoms with Crippen LogP contribution in [0.4, 0.5) is 0 Å². The average Bonchev–Trinajstić information content (AvgIpc) is 2.80. The topological polar surface area (TPSA) is 29.1 Å². The second-order valence-electron chi connectivity index (χ2n) is 5.20. The first-order valence-corrected chi connectivity index (χ1v) is 8.06. The number of hydrogen-bond acceptors (Lipinski definition) is 2. The Kier molecular flexibility index (Phi) is 4.57. The molecule has 0 aliphatic heterocycles. The van der Waals surface area contributed by atoms with Crippen LogP contribution in [0, 0.1) is 13.8 Å². The van der Waals surface area contributed by atoms with E-state index in [1.54, 1.807) is 0 Å². The molecule has 0 amide bonds. The first-order valence-electron chi connectivity index (χ1n) is 6.84. The normalized spacial score (nSPS) is 25.3. The summed E-state index contributed by atoms with van der Waals surface area (Å²) >= 11 is 0. The summed E-state index contributed by atoms with van der Waals surface area (Å²) in [5, 5.41) is 3.77. The maximum Gasteiger partial charge on any atom is 0.0579 e. The Hall–Kier alpha value is -0.670. The summed E-state index contributed by atoms with van der Waals surface area (Å²) in [4.78, 5) is 1.03. The zero-order valence-electron chi connectivity index (χ0n) is 11.5. The average molecular weight is 265 g/mol. The first kappa shape index (κ1) is 13.8. The Morgan fingerprint density at radius 1 is 1.33 bits per heavy atom. The third-order valence-electron chi connectivity index (χ3n) is 3.75. The van der Waals surface area contributed by atoms with Gasteiger partial charge in [0.2, 0.25) is 0 Å². The maximum atomic E-state index is 12.8. The lowest BCUT2D eigenvalue weighted by Crippen LogP contribution is -2.38. The fourth-order valence-electron chi connectivity index (χ4n) is 2.77. The quantitative estimate of drug-likeness (QED) is 0.907. The van der Waals surface area contributed by atoms with E-state index in [-0.39, 0.29) is 5.25 Å². The molecule has 100 valence electrons. The summed E-state index contributed by atoms with van der Waals surface area (Å²) in [7, 11) is -0.875. The van der Waals surface area contributed by atoms with Crippen molar-refractivity contribution >= 4 is 10.8 Å². The van der Waals surface area contributed by atoms with Gasteiger partial charge in [0.15, 0.2) is 0 Å². The molecule has 1 aliphatic carbocycles. The van der Waals surface area contributed by atoms with E-state index in [1.165, 1.54) is 12.0 Å². The summed E-state index contributed by atoms with van der Waals surface area (Å²) in [6, 6.07) is 6.69. The summed E-state index contributed by atoms with van der Waals surface area (Å²) in [6.45, 7) is 7.21. The predicted octanol–water partition coefficient (Wildman–Crippen LogP) is 2.94. The summed E-state index contributed by atoms with van der Waals surface area (Å²) in [5.74, 6) is 0. The van der Waals surface area contributed by atoms with E-state index in [0.29, 0.717) is 6.04 Å². The second kappa shape index (κ2) is 5.98. The van der Waals surface area contributed by atoms with Crippen LogP contribution in [0.2, 0.25) is 0 Å². The maximum absolute atomic E-state index is 12.8. The molecule has 0 radical (unpaired) electrons. The van der Waals surface area contributed by atoms with E-state index < -0.39 is 10.8 Å². The minimum atomic E-state index is -0.875. The molecule has 0 spiro atoms. The van der Waals surface area contributed by atoms with Crippen molar-refractivity contribution in [2.45, 2.75) is 56.2 Å². The molecular formula is C15H23NOS. The van der Waals surface area contributed by atoms with Gasteiger partial charge in [0.05, 0.1) is 16.0 Å². The van der Waals surface area contributed by atoms with Gasteiger partial charge in [-0.3, -0.25) is 4.21 Å². The van der Waals surface area contributed by atoms with Crippen molar-refractivity contribution in [2.75, 3.05) is 6.54 Å². The molecule has 1 N–H and O–H groups in total. The van der Waals surface area contributed by atoms with Crippen molar-refractivity contribution in [1.82, 2.24) is 5.32 Å². The standard InChI is InChI=1S/C15H23NOS/c1-4-16-13-6-5-7-14(13)18(17)15-10-11(2)8-9-12(15)3/h8-10,13-14,16H,4-7H2,1-3H3.